The molecule has 3 nitrogen and oxygen atoms in total. The second-order valence-electron chi connectivity index (χ2n) is 4.72. The fourth-order valence-corrected chi connectivity index (χ4v) is 3.16. The molecule has 0 aromatic carbocycles. The molecule has 1 saturated heterocycles. The van der Waals surface area contributed by atoms with E-state index in [1.807, 2.05) is 18.3 Å². The first-order valence-electron chi connectivity index (χ1n) is 5.77. The molecule has 2 N–H and O–H groups in total. The van der Waals surface area contributed by atoms with Crippen molar-refractivity contribution in [3.63, 3.8) is 0 Å². The van der Waals surface area contributed by atoms with E-state index in [2.05, 4.69) is 9.88 Å². The molecule has 2 unspecified atom stereocenters. The molecule has 1 aromatic heterocycles. The molecule has 2 heterocycles. The maximum absolute atomic E-state index is 5.75. The predicted molar refractivity (Wildman–Crippen MR) is 68.6 cm³/mol. The summed E-state index contributed by atoms with van der Waals surface area (Å²) in [5.41, 5.74) is 6.67. The lowest BCUT2D eigenvalue weighted by Crippen LogP contribution is -2.34. The van der Waals surface area contributed by atoms with Gasteiger partial charge in [0.05, 0.1) is 5.56 Å². The molecule has 1 saturated carbocycles. The molecular formula is C12H15N3S. The highest BCUT2D eigenvalue weighted by molar-refractivity contribution is 7.80. The Hall–Kier alpha value is -1.16. The molecule has 1 aromatic rings. The highest BCUT2D eigenvalue weighted by Gasteiger charge is 2.39. The first-order valence-corrected chi connectivity index (χ1v) is 6.18. The molecule has 0 amide bonds. The van der Waals surface area contributed by atoms with Crippen molar-refractivity contribution >= 4 is 23.0 Å². The van der Waals surface area contributed by atoms with Gasteiger partial charge in [0.25, 0.3) is 0 Å². The lowest BCUT2D eigenvalue weighted by atomic mass is 10.1. The van der Waals surface area contributed by atoms with Crippen molar-refractivity contribution in [1.29, 1.82) is 0 Å². The molecule has 3 rings (SSSR count). The zero-order chi connectivity index (χ0) is 11.1. The van der Waals surface area contributed by atoms with Crippen molar-refractivity contribution in [3.05, 3.63) is 23.9 Å². The summed E-state index contributed by atoms with van der Waals surface area (Å²) in [5, 5.41) is 0. The Labute approximate surface area is 101 Å². The van der Waals surface area contributed by atoms with E-state index in [4.69, 9.17) is 18.0 Å². The standard InChI is InChI=1S/C12H15N3S/c13-11(16)10-2-1-5-14-12(10)15-7-8-3-4-9(15)6-8/h1-2,5,8-9H,3-4,6-7H2,(H2,13,16). The number of aromatic nitrogens is 1. The topological polar surface area (TPSA) is 42.1 Å². The van der Waals surface area contributed by atoms with E-state index in [-0.39, 0.29) is 0 Å². The predicted octanol–water partition coefficient (Wildman–Crippen LogP) is 1.70. The van der Waals surface area contributed by atoms with Crippen LogP contribution in [0.5, 0.6) is 0 Å². The average Bonchev–Trinajstić information content (AvgIpc) is 2.90. The van der Waals surface area contributed by atoms with Crippen LogP contribution in [-0.4, -0.2) is 22.6 Å². The fourth-order valence-electron chi connectivity index (χ4n) is 3.00. The maximum atomic E-state index is 5.75. The van der Waals surface area contributed by atoms with Crippen molar-refractivity contribution in [2.45, 2.75) is 25.3 Å². The fraction of sp³-hybridized carbons (Fsp3) is 0.500. The number of piperidine rings is 1. The van der Waals surface area contributed by atoms with Gasteiger partial charge in [-0.25, -0.2) is 4.98 Å². The minimum Gasteiger partial charge on any atom is -0.389 e. The summed E-state index contributed by atoms with van der Waals surface area (Å²) in [4.78, 5) is 7.30. The zero-order valence-electron chi connectivity index (χ0n) is 9.10. The van der Waals surface area contributed by atoms with E-state index in [9.17, 15) is 0 Å². The SMILES string of the molecule is NC(=S)c1cccnc1N1CC2CCC1C2. The molecule has 1 aliphatic carbocycles. The summed E-state index contributed by atoms with van der Waals surface area (Å²) < 4.78 is 0. The Morgan fingerprint density at radius 2 is 2.38 bits per heavy atom. The lowest BCUT2D eigenvalue weighted by Gasteiger charge is -2.29. The van der Waals surface area contributed by atoms with Crippen molar-refractivity contribution in [1.82, 2.24) is 4.98 Å². The van der Waals surface area contributed by atoms with E-state index >= 15 is 0 Å². The molecule has 2 aliphatic rings. The molecule has 16 heavy (non-hydrogen) atoms. The number of nitrogens with two attached hydrogens (primary N) is 1. The summed E-state index contributed by atoms with van der Waals surface area (Å²) in [6.07, 6.45) is 5.80. The Morgan fingerprint density at radius 1 is 1.50 bits per heavy atom. The summed E-state index contributed by atoms with van der Waals surface area (Å²) in [6, 6.07) is 4.52. The van der Waals surface area contributed by atoms with Crippen LogP contribution in [0.15, 0.2) is 18.3 Å². The van der Waals surface area contributed by atoms with Crippen LogP contribution in [0.2, 0.25) is 0 Å². The Balaban J connectivity index is 1.97. The highest BCUT2D eigenvalue weighted by Crippen LogP contribution is 2.40. The van der Waals surface area contributed by atoms with Gasteiger partial charge in [-0.15, -0.1) is 0 Å². The van der Waals surface area contributed by atoms with Gasteiger partial charge in [-0.05, 0) is 37.3 Å². The number of fused-ring (bicyclic) bond motifs is 2. The van der Waals surface area contributed by atoms with E-state index in [0.717, 1.165) is 23.8 Å². The molecule has 0 radical (unpaired) electrons. The quantitative estimate of drug-likeness (QED) is 0.790. The van der Waals surface area contributed by atoms with E-state index < -0.39 is 0 Å². The minimum absolute atomic E-state index is 0.450. The molecule has 0 spiro atoms. The smallest absolute Gasteiger partial charge is 0.139 e. The third kappa shape index (κ3) is 1.48. The number of anilines is 1. The van der Waals surface area contributed by atoms with E-state index in [0.29, 0.717) is 11.0 Å². The second-order valence-corrected chi connectivity index (χ2v) is 5.16. The van der Waals surface area contributed by atoms with Gasteiger partial charge in [-0.2, -0.15) is 0 Å². The highest BCUT2D eigenvalue weighted by atomic mass is 32.1. The van der Waals surface area contributed by atoms with Crippen molar-refractivity contribution in [3.8, 4) is 0 Å². The molecule has 2 atom stereocenters. The van der Waals surface area contributed by atoms with Crippen LogP contribution in [-0.2, 0) is 0 Å². The average molecular weight is 233 g/mol. The lowest BCUT2D eigenvalue weighted by molar-refractivity contribution is 0.550. The molecule has 84 valence electrons. The van der Waals surface area contributed by atoms with Gasteiger partial charge in [0, 0.05) is 18.8 Å². The number of hydrogen-bond donors (Lipinski definition) is 1. The largest absolute Gasteiger partial charge is 0.389 e. The molecular weight excluding hydrogens is 218 g/mol. The van der Waals surface area contributed by atoms with Gasteiger partial charge in [0.1, 0.15) is 10.8 Å². The van der Waals surface area contributed by atoms with Crippen molar-refractivity contribution in [2.75, 3.05) is 11.4 Å². The van der Waals surface area contributed by atoms with Crippen LogP contribution in [0.4, 0.5) is 5.82 Å². The van der Waals surface area contributed by atoms with Gasteiger partial charge in [0.15, 0.2) is 0 Å². The summed E-state index contributed by atoms with van der Waals surface area (Å²) in [6.45, 7) is 1.12. The van der Waals surface area contributed by atoms with E-state index in [1.165, 1.54) is 19.3 Å². The van der Waals surface area contributed by atoms with Crippen LogP contribution in [0.3, 0.4) is 0 Å². The Kier molecular flexibility index (Phi) is 2.32. The van der Waals surface area contributed by atoms with Gasteiger partial charge >= 0.3 is 0 Å². The zero-order valence-corrected chi connectivity index (χ0v) is 9.91. The normalized spacial score (nSPS) is 27.4. The molecule has 1 aliphatic heterocycles. The van der Waals surface area contributed by atoms with Crippen LogP contribution in [0.25, 0.3) is 0 Å². The number of rotatable bonds is 2. The van der Waals surface area contributed by atoms with Gasteiger partial charge in [-0.1, -0.05) is 12.2 Å². The van der Waals surface area contributed by atoms with Crippen LogP contribution in [0.1, 0.15) is 24.8 Å². The van der Waals surface area contributed by atoms with Gasteiger partial charge < -0.3 is 10.6 Å². The summed E-state index contributed by atoms with van der Waals surface area (Å²) >= 11 is 5.08. The first kappa shape index (κ1) is 10.0. The number of pyridine rings is 1. The number of hydrogen-bond acceptors (Lipinski definition) is 3. The maximum Gasteiger partial charge on any atom is 0.139 e. The van der Waals surface area contributed by atoms with Gasteiger partial charge in [0.2, 0.25) is 0 Å². The number of thiocarbonyl (C=S) groups is 1. The molecule has 4 heteroatoms. The van der Waals surface area contributed by atoms with Crippen LogP contribution < -0.4 is 10.6 Å². The van der Waals surface area contributed by atoms with Crippen LogP contribution >= 0.6 is 12.2 Å². The third-order valence-electron chi connectivity index (χ3n) is 3.73. The second kappa shape index (κ2) is 3.70. The van der Waals surface area contributed by atoms with Crippen molar-refractivity contribution in [2.24, 2.45) is 11.7 Å². The first-order chi connectivity index (χ1) is 7.75. The van der Waals surface area contributed by atoms with Gasteiger partial charge in [-0.3, -0.25) is 0 Å². The van der Waals surface area contributed by atoms with E-state index in [1.54, 1.807) is 0 Å². The molecule has 2 fully saturated rings. The minimum atomic E-state index is 0.450. The molecule has 2 bridgehead atoms. The third-order valence-corrected chi connectivity index (χ3v) is 3.95. The van der Waals surface area contributed by atoms with Crippen molar-refractivity contribution < 1.29 is 0 Å². The summed E-state index contributed by atoms with van der Waals surface area (Å²) in [7, 11) is 0. The summed E-state index contributed by atoms with van der Waals surface area (Å²) in [5.74, 6) is 1.84. The number of nitrogens with zero attached hydrogens (tertiary/aromatic N) is 2. The monoisotopic (exact) mass is 233 g/mol. The Bertz CT molecular complexity index is 432. The van der Waals surface area contributed by atoms with Crippen LogP contribution in [0, 0.1) is 5.92 Å². The Morgan fingerprint density at radius 3 is 3.00 bits per heavy atom.